The molecule has 0 aromatic carbocycles. The first-order chi connectivity index (χ1) is 10.4. The van der Waals surface area contributed by atoms with Crippen molar-refractivity contribution in [3.8, 4) is 0 Å². The lowest BCUT2D eigenvalue weighted by atomic mass is 10.3. The first kappa shape index (κ1) is 16.2. The summed E-state index contributed by atoms with van der Waals surface area (Å²) in [6, 6.07) is 3.05. The summed E-state index contributed by atoms with van der Waals surface area (Å²) in [5.74, 6) is -1.36. The summed E-state index contributed by atoms with van der Waals surface area (Å²) in [5.41, 5.74) is 5.54. The van der Waals surface area contributed by atoms with E-state index in [-0.39, 0.29) is 18.7 Å². The van der Waals surface area contributed by atoms with Gasteiger partial charge in [0.1, 0.15) is 0 Å². The molecule has 4 N–H and O–H groups in total. The lowest BCUT2D eigenvalue weighted by Crippen LogP contribution is -2.32. The number of furan rings is 1. The van der Waals surface area contributed by atoms with Gasteiger partial charge in [-0.25, -0.2) is 4.98 Å². The number of nitrogens with zero attached hydrogens (tertiary/aromatic N) is 1. The first-order valence-electron chi connectivity index (χ1n) is 6.00. The molecule has 0 unspecified atom stereocenters. The van der Waals surface area contributed by atoms with Crippen LogP contribution in [0.1, 0.15) is 16.2 Å². The minimum absolute atomic E-state index is 0.0104. The van der Waals surface area contributed by atoms with Gasteiger partial charge < -0.3 is 20.8 Å². The highest BCUT2D eigenvalue weighted by molar-refractivity contribution is 9.10. The van der Waals surface area contributed by atoms with E-state index in [0.717, 1.165) is 0 Å². The van der Waals surface area contributed by atoms with E-state index in [9.17, 15) is 14.4 Å². The fraction of sp³-hybridized carbons (Fsp3) is 0.167. The van der Waals surface area contributed by atoms with Crippen LogP contribution in [-0.2, 0) is 16.0 Å². The fourth-order valence-corrected chi connectivity index (χ4v) is 2.50. The summed E-state index contributed by atoms with van der Waals surface area (Å²) in [6.07, 6.45) is 0.0104. The molecular weight excluding hydrogens is 376 g/mol. The Balaban J connectivity index is 1.81. The third-order valence-electron chi connectivity index (χ3n) is 2.36. The van der Waals surface area contributed by atoms with Crippen molar-refractivity contribution in [2.75, 3.05) is 11.9 Å². The SMILES string of the molecule is NC(=O)Cc1csc(NC(=O)CNC(=O)c2ccc(Br)o2)n1. The van der Waals surface area contributed by atoms with E-state index in [0.29, 0.717) is 15.5 Å². The van der Waals surface area contributed by atoms with Gasteiger partial charge in [-0.3, -0.25) is 14.4 Å². The quantitative estimate of drug-likeness (QED) is 0.679. The molecule has 0 aliphatic rings. The van der Waals surface area contributed by atoms with E-state index in [1.807, 2.05) is 0 Å². The molecule has 2 aromatic rings. The van der Waals surface area contributed by atoms with Crippen molar-refractivity contribution in [2.45, 2.75) is 6.42 Å². The van der Waals surface area contributed by atoms with Gasteiger partial charge in [0.15, 0.2) is 15.6 Å². The zero-order chi connectivity index (χ0) is 16.1. The van der Waals surface area contributed by atoms with Gasteiger partial charge in [0.05, 0.1) is 18.7 Å². The zero-order valence-corrected chi connectivity index (χ0v) is 13.5. The summed E-state index contributed by atoms with van der Waals surface area (Å²) in [4.78, 5) is 38.1. The molecule has 0 aliphatic carbocycles. The summed E-state index contributed by atoms with van der Waals surface area (Å²) in [5, 5.41) is 6.87. The number of halogens is 1. The highest BCUT2D eigenvalue weighted by atomic mass is 79.9. The van der Waals surface area contributed by atoms with Crippen molar-refractivity contribution >= 4 is 50.1 Å². The van der Waals surface area contributed by atoms with Crippen LogP contribution in [0.4, 0.5) is 5.13 Å². The molecule has 0 bridgehead atoms. The number of primary amides is 1. The molecule has 116 valence electrons. The predicted octanol–water partition coefficient (Wildman–Crippen LogP) is 0.895. The number of amides is 3. The number of thiazole rings is 1. The molecule has 0 fully saturated rings. The number of anilines is 1. The van der Waals surface area contributed by atoms with E-state index in [4.69, 9.17) is 10.2 Å². The van der Waals surface area contributed by atoms with Crippen LogP contribution < -0.4 is 16.4 Å². The molecule has 0 spiro atoms. The molecule has 22 heavy (non-hydrogen) atoms. The van der Waals surface area contributed by atoms with Crippen LogP contribution in [0.3, 0.4) is 0 Å². The Bertz CT molecular complexity index is 712. The van der Waals surface area contributed by atoms with Gasteiger partial charge >= 0.3 is 0 Å². The zero-order valence-electron chi connectivity index (χ0n) is 11.1. The molecule has 0 saturated heterocycles. The second-order valence-electron chi connectivity index (χ2n) is 4.12. The fourth-order valence-electron chi connectivity index (χ4n) is 1.47. The maximum Gasteiger partial charge on any atom is 0.287 e. The van der Waals surface area contributed by atoms with E-state index >= 15 is 0 Å². The molecule has 2 aromatic heterocycles. The van der Waals surface area contributed by atoms with Crippen LogP contribution in [0.2, 0.25) is 0 Å². The minimum atomic E-state index is -0.505. The second kappa shape index (κ2) is 7.18. The van der Waals surface area contributed by atoms with Crippen LogP contribution in [0, 0.1) is 0 Å². The minimum Gasteiger partial charge on any atom is -0.444 e. The number of carbonyl (C=O) groups excluding carboxylic acids is 3. The molecule has 0 radical (unpaired) electrons. The van der Waals surface area contributed by atoms with E-state index in [1.54, 1.807) is 11.4 Å². The van der Waals surface area contributed by atoms with Crippen molar-refractivity contribution in [1.29, 1.82) is 0 Å². The summed E-state index contributed by atoms with van der Waals surface area (Å²) >= 11 is 4.24. The van der Waals surface area contributed by atoms with Gasteiger partial charge in [0, 0.05) is 5.38 Å². The third-order valence-corrected chi connectivity index (χ3v) is 3.59. The Morgan fingerprint density at radius 2 is 2.14 bits per heavy atom. The molecule has 3 amide bonds. The normalized spacial score (nSPS) is 10.2. The van der Waals surface area contributed by atoms with Crippen LogP contribution in [0.25, 0.3) is 0 Å². The van der Waals surface area contributed by atoms with Crippen molar-refractivity contribution in [2.24, 2.45) is 5.73 Å². The van der Waals surface area contributed by atoms with E-state index < -0.39 is 17.7 Å². The smallest absolute Gasteiger partial charge is 0.287 e. The first-order valence-corrected chi connectivity index (χ1v) is 7.67. The van der Waals surface area contributed by atoms with E-state index in [1.165, 1.54) is 17.4 Å². The molecule has 8 nitrogen and oxygen atoms in total. The number of hydrogen-bond acceptors (Lipinski definition) is 6. The Kier molecular flexibility index (Phi) is 5.28. The number of hydrogen-bond donors (Lipinski definition) is 3. The van der Waals surface area contributed by atoms with Crippen LogP contribution in [0.15, 0.2) is 26.6 Å². The summed E-state index contributed by atoms with van der Waals surface area (Å²) in [6.45, 7) is -0.234. The third kappa shape index (κ3) is 4.67. The molecule has 2 heterocycles. The Morgan fingerprint density at radius 1 is 1.36 bits per heavy atom. The standard InChI is InChI=1S/C12H11BrN4O4S/c13-8-2-1-7(21-8)11(20)15-4-10(19)17-12-16-6(5-22-12)3-9(14)18/h1-2,5H,3-4H2,(H2,14,18)(H,15,20)(H,16,17,19). The highest BCUT2D eigenvalue weighted by Crippen LogP contribution is 2.15. The van der Waals surface area contributed by atoms with Crippen molar-refractivity contribution in [3.05, 3.63) is 33.6 Å². The molecule has 0 atom stereocenters. The number of nitrogens with two attached hydrogens (primary N) is 1. The Labute approximate surface area is 137 Å². The molecular formula is C12H11BrN4O4S. The highest BCUT2D eigenvalue weighted by Gasteiger charge is 2.13. The van der Waals surface area contributed by atoms with Gasteiger partial charge in [-0.05, 0) is 28.1 Å². The van der Waals surface area contributed by atoms with Crippen molar-refractivity contribution in [1.82, 2.24) is 10.3 Å². The van der Waals surface area contributed by atoms with E-state index in [2.05, 4.69) is 31.5 Å². The maximum atomic E-state index is 11.7. The monoisotopic (exact) mass is 386 g/mol. The van der Waals surface area contributed by atoms with Crippen LogP contribution >= 0.6 is 27.3 Å². The number of rotatable bonds is 6. The van der Waals surface area contributed by atoms with Gasteiger partial charge in [0.2, 0.25) is 11.8 Å². The summed E-state index contributed by atoms with van der Waals surface area (Å²) in [7, 11) is 0. The van der Waals surface area contributed by atoms with Crippen molar-refractivity contribution < 1.29 is 18.8 Å². The van der Waals surface area contributed by atoms with Gasteiger partial charge in [-0.2, -0.15) is 0 Å². The molecule has 0 saturated carbocycles. The average Bonchev–Trinajstić information content (AvgIpc) is 3.05. The molecule has 2 rings (SSSR count). The Hall–Kier alpha value is -2.20. The second-order valence-corrected chi connectivity index (χ2v) is 5.76. The summed E-state index contributed by atoms with van der Waals surface area (Å²) < 4.78 is 5.48. The van der Waals surface area contributed by atoms with Crippen LogP contribution in [-0.4, -0.2) is 29.3 Å². The number of aromatic nitrogens is 1. The molecule has 0 aliphatic heterocycles. The Morgan fingerprint density at radius 3 is 2.77 bits per heavy atom. The number of nitrogens with one attached hydrogen (secondary N) is 2. The lowest BCUT2D eigenvalue weighted by molar-refractivity contribution is -0.117. The van der Waals surface area contributed by atoms with Gasteiger partial charge in [0.25, 0.3) is 5.91 Å². The maximum absolute atomic E-state index is 11.7. The lowest BCUT2D eigenvalue weighted by Gasteiger charge is -2.03. The van der Waals surface area contributed by atoms with Crippen molar-refractivity contribution in [3.63, 3.8) is 0 Å². The van der Waals surface area contributed by atoms with Gasteiger partial charge in [-0.1, -0.05) is 0 Å². The molecule has 10 heteroatoms. The van der Waals surface area contributed by atoms with Crippen LogP contribution in [0.5, 0.6) is 0 Å². The van der Waals surface area contributed by atoms with Gasteiger partial charge in [-0.15, -0.1) is 11.3 Å². The largest absolute Gasteiger partial charge is 0.444 e. The number of carbonyl (C=O) groups is 3. The topological polar surface area (TPSA) is 127 Å². The average molecular weight is 387 g/mol. The predicted molar refractivity (Wildman–Crippen MR) is 82.4 cm³/mol.